The van der Waals surface area contributed by atoms with Crippen LogP contribution in [0.2, 0.25) is 0 Å². The molecule has 0 radical (unpaired) electrons. The molecule has 0 amide bonds. The van der Waals surface area contributed by atoms with Crippen molar-refractivity contribution >= 4 is 0 Å². The van der Waals surface area contributed by atoms with Gasteiger partial charge in [-0.3, -0.25) is 0 Å². The van der Waals surface area contributed by atoms with E-state index >= 15 is 0 Å². The summed E-state index contributed by atoms with van der Waals surface area (Å²) in [6.45, 7) is 1.55. The van der Waals surface area contributed by atoms with Crippen molar-refractivity contribution in [2.45, 2.75) is 0 Å². The van der Waals surface area contributed by atoms with Crippen LogP contribution in [0.25, 0.3) is 0 Å². The highest BCUT2D eigenvalue weighted by Crippen LogP contribution is 2.15. The zero-order chi connectivity index (χ0) is 12.7. The molecule has 1 aromatic carbocycles. The zero-order valence-corrected chi connectivity index (χ0v) is 10.2. The van der Waals surface area contributed by atoms with E-state index < -0.39 is 0 Å². The van der Waals surface area contributed by atoms with E-state index in [9.17, 15) is 4.39 Å². The van der Waals surface area contributed by atoms with Crippen LogP contribution in [-0.2, 0) is 0 Å². The summed E-state index contributed by atoms with van der Waals surface area (Å²) in [6.07, 6.45) is 0. The molecule has 3 nitrogen and oxygen atoms in total. The maximum atomic E-state index is 13.3. The molecule has 0 aromatic heterocycles. The Morgan fingerprint density at radius 1 is 1.35 bits per heavy atom. The first kappa shape index (κ1) is 13.5. The summed E-state index contributed by atoms with van der Waals surface area (Å²) >= 11 is 0. The number of halogens is 1. The Kier molecular flexibility index (Phi) is 5.47. The highest BCUT2D eigenvalue weighted by atomic mass is 19.1. The maximum absolute atomic E-state index is 13.3. The fourth-order valence-corrected chi connectivity index (χ4v) is 1.22. The van der Waals surface area contributed by atoms with E-state index in [1.807, 2.05) is 19.0 Å². The molecule has 0 unspecified atom stereocenters. The van der Waals surface area contributed by atoms with Crippen LogP contribution in [0.3, 0.4) is 0 Å². The third-order valence-electron chi connectivity index (χ3n) is 2.01. The first-order chi connectivity index (χ1) is 8.11. The van der Waals surface area contributed by atoms with E-state index in [0.29, 0.717) is 17.9 Å². The van der Waals surface area contributed by atoms with Gasteiger partial charge in [0.1, 0.15) is 18.2 Å². The molecule has 0 fully saturated rings. The van der Waals surface area contributed by atoms with Crippen LogP contribution in [0.5, 0.6) is 5.75 Å². The second-order valence-electron chi connectivity index (χ2n) is 3.83. The van der Waals surface area contributed by atoms with E-state index in [4.69, 9.17) is 10.5 Å². The molecule has 0 aliphatic carbocycles. The van der Waals surface area contributed by atoms with Crippen LogP contribution < -0.4 is 10.5 Å². The molecule has 0 saturated carbocycles. The summed E-state index contributed by atoms with van der Waals surface area (Å²) in [7, 11) is 3.90. The summed E-state index contributed by atoms with van der Waals surface area (Å²) in [5.41, 5.74) is 5.84. The van der Waals surface area contributed by atoms with E-state index in [1.54, 1.807) is 6.07 Å². The Hall–Kier alpha value is -1.57. The Morgan fingerprint density at radius 2 is 2.12 bits per heavy atom. The van der Waals surface area contributed by atoms with Crippen LogP contribution in [0.4, 0.5) is 4.39 Å². The van der Waals surface area contributed by atoms with Crippen molar-refractivity contribution in [2.75, 3.05) is 33.8 Å². The molecular weight excluding hydrogens is 219 g/mol. The van der Waals surface area contributed by atoms with E-state index in [-0.39, 0.29) is 12.4 Å². The number of rotatable bonds is 4. The van der Waals surface area contributed by atoms with E-state index in [0.717, 1.165) is 6.54 Å². The van der Waals surface area contributed by atoms with Gasteiger partial charge in [-0.1, -0.05) is 11.8 Å². The maximum Gasteiger partial charge on any atom is 0.128 e. The molecule has 1 rings (SSSR count). The number of likely N-dealkylation sites (N-methyl/N-ethyl adjacent to an activating group) is 1. The van der Waals surface area contributed by atoms with Crippen molar-refractivity contribution < 1.29 is 9.13 Å². The smallest absolute Gasteiger partial charge is 0.128 e. The lowest BCUT2D eigenvalue weighted by molar-refractivity contribution is 0.260. The summed E-state index contributed by atoms with van der Waals surface area (Å²) in [4.78, 5) is 1.99. The van der Waals surface area contributed by atoms with Gasteiger partial charge in [0.05, 0.1) is 6.54 Å². The SMILES string of the molecule is CN(C)CCOc1cc(F)cc(C#CCN)c1. The molecule has 0 saturated heterocycles. The third kappa shape index (κ3) is 5.34. The molecule has 0 bridgehead atoms. The fraction of sp³-hybridized carbons (Fsp3) is 0.385. The van der Waals surface area contributed by atoms with Gasteiger partial charge in [-0.05, 0) is 26.2 Å². The molecule has 17 heavy (non-hydrogen) atoms. The van der Waals surface area contributed by atoms with Crippen LogP contribution >= 0.6 is 0 Å². The molecular formula is C13H17FN2O. The number of ether oxygens (including phenoxy) is 1. The van der Waals surface area contributed by atoms with Crippen molar-refractivity contribution in [3.05, 3.63) is 29.6 Å². The Balaban J connectivity index is 2.68. The third-order valence-corrected chi connectivity index (χ3v) is 2.01. The summed E-state index contributed by atoms with van der Waals surface area (Å²) in [5.74, 6) is 5.60. The number of hydrogen-bond acceptors (Lipinski definition) is 3. The van der Waals surface area contributed by atoms with Crippen LogP contribution in [0.15, 0.2) is 18.2 Å². The molecule has 0 spiro atoms. The van der Waals surface area contributed by atoms with Gasteiger partial charge in [0, 0.05) is 18.2 Å². The monoisotopic (exact) mass is 236 g/mol. The molecule has 0 heterocycles. The lowest BCUT2D eigenvalue weighted by Gasteiger charge is -2.11. The topological polar surface area (TPSA) is 38.5 Å². The van der Waals surface area contributed by atoms with Gasteiger partial charge >= 0.3 is 0 Å². The molecule has 92 valence electrons. The van der Waals surface area contributed by atoms with Gasteiger partial charge in [-0.15, -0.1) is 0 Å². The van der Waals surface area contributed by atoms with Gasteiger partial charge in [0.25, 0.3) is 0 Å². The molecule has 0 aliphatic rings. The second kappa shape index (κ2) is 6.89. The summed E-state index contributed by atoms with van der Waals surface area (Å²) in [5, 5.41) is 0. The van der Waals surface area contributed by atoms with Crippen molar-refractivity contribution in [1.29, 1.82) is 0 Å². The lowest BCUT2D eigenvalue weighted by Crippen LogP contribution is -2.19. The minimum Gasteiger partial charge on any atom is -0.492 e. The molecule has 0 atom stereocenters. The first-order valence-corrected chi connectivity index (χ1v) is 5.39. The van der Waals surface area contributed by atoms with Crippen molar-refractivity contribution in [1.82, 2.24) is 4.90 Å². The predicted octanol–water partition coefficient (Wildman–Crippen LogP) is 1.08. The zero-order valence-electron chi connectivity index (χ0n) is 10.2. The number of benzene rings is 1. The number of hydrogen-bond donors (Lipinski definition) is 1. The van der Waals surface area contributed by atoms with Crippen LogP contribution in [-0.4, -0.2) is 38.7 Å². The highest BCUT2D eigenvalue weighted by Gasteiger charge is 2.00. The quantitative estimate of drug-likeness (QED) is 0.795. The van der Waals surface area contributed by atoms with Gasteiger partial charge in [-0.2, -0.15) is 0 Å². The van der Waals surface area contributed by atoms with Gasteiger partial charge in [-0.25, -0.2) is 4.39 Å². The minimum absolute atomic E-state index is 0.257. The number of nitrogens with zero attached hydrogens (tertiary/aromatic N) is 1. The molecule has 1 aromatic rings. The lowest BCUT2D eigenvalue weighted by atomic mass is 10.2. The first-order valence-electron chi connectivity index (χ1n) is 5.39. The minimum atomic E-state index is -0.353. The Labute approximate surface area is 101 Å². The molecule has 4 heteroatoms. The molecule has 2 N–H and O–H groups in total. The highest BCUT2D eigenvalue weighted by molar-refractivity contribution is 5.40. The predicted molar refractivity (Wildman–Crippen MR) is 66.4 cm³/mol. The average molecular weight is 236 g/mol. The van der Waals surface area contributed by atoms with Gasteiger partial charge in [0.15, 0.2) is 0 Å². The van der Waals surface area contributed by atoms with E-state index in [1.165, 1.54) is 12.1 Å². The normalized spacial score (nSPS) is 9.94. The average Bonchev–Trinajstić information content (AvgIpc) is 2.25. The number of nitrogens with two attached hydrogens (primary N) is 1. The van der Waals surface area contributed by atoms with E-state index in [2.05, 4.69) is 11.8 Å². The van der Waals surface area contributed by atoms with Gasteiger partial charge < -0.3 is 15.4 Å². The Morgan fingerprint density at radius 3 is 2.76 bits per heavy atom. The van der Waals surface area contributed by atoms with Crippen molar-refractivity contribution in [2.24, 2.45) is 5.73 Å². The van der Waals surface area contributed by atoms with Crippen molar-refractivity contribution in [3.8, 4) is 17.6 Å². The van der Waals surface area contributed by atoms with Crippen LogP contribution in [0, 0.1) is 17.7 Å². The fourth-order valence-electron chi connectivity index (χ4n) is 1.22. The van der Waals surface area contributed by atoms with Crippen molar-refractivity contribution in [3.63, 3.8) is 0 Å². The summed E-state index contributed by atoms with van der Waals surface area (Å²) < 4.78 is 18.7. The molecule has 0 aliphatic heterocycles. The van der Waals surface area contributed by atoms with Gasteiger partial charge in [0.2, 0.25) is 0 Å². The largest absolute Gasteiger partial charge is 0.492 e. The van der Waals surface area contributed by atoms with Crippen LogP contribution in [0.1, 0.15) is 5.56 Å². The second-order valence-corrected chi connectivity index (χ2v) is 3.83. The standard InChI is InChI=1S/C13H17FN2O/c1-16(2)6-7-17-13-9-11(4-3-5-15)8-12(14)10-13/h8-10H,5-7,15H2,1-2H3. The summed E-state index contributed by atoms with van der Waals surface area (Å²) in [6, 6.07) is 4.42. The Bertz CT molecular complexity index is 421.